The second-order valence-electron chi connectivity index (χ2n) is 8.32. The Hall–Kier alpha value is -1.61. The number of fused-ring (bicyclic) bond motifs is 1. The number of ether oxygens (including phenoxy) is 2. The molecular weight excluding hydrogens is 559 g/mol. The molecule has 2 saturated heterocycles. The lowest BCUT2D eigenvalue weighted by molar-refractivity contribution is -0.280. The Kier molecular flexibility index (Phi) is 8.59. The van der Waals surface area contributed by atoms with Crippen LogP contribution in [-0.2, 0) is 32.0 Å². The fourth-order valence-electron chi connectivity index (χ4n) is 3.80. The Bertz CT molecular complexity index is 1240. The number of imidazole rings is 1. The normalized spacial score (nSPS) is 37.2. The van der Waals surface area contributed by atoms with Crippen LogP contribution < -0.4 is 5.73 Å². The summed E-state index contributed by atoms with van der Waals surface area (Å²) in [5, 5.41) is 59.4. The average Bonchev–Trinajstić information content (AvgIpc) is 3.39. The molecule has 4 heterocycles. The van der Waals surface area contributed by atoms with Crippen LogP contribution in [0.3, 0.4) is 0 Å². The Balaban J connectivity index is 1.38. The fourth-order valence-corrected chi connectivity index (χ4v) is 6.09. The summed E-state index contributed by atoms with van der Waals surface area (Å²) in [5.41, 5.74) is 6.11. The predicted molar refractivity (Wildman–Crippen MR) is 121 cm³/mol. The molecule has 22 heteroatoms. The van der Waals surface area contributed by atoms with Gasteiger partial charge in [-0.25, -0.2) is 23.8 Å². The zero-order chi connectivity index (χ0) is 28.0. The Morgan fingerprint density at radius 3 is 2.37 bits per heavy atom. The molecule has 4 rings (SSSR count). The van der Waals surface area contributed by atoms with E-state index in [0.717, 1.165) is 6.33 Å². The van der Waals surface area contributed by atoms with Gasteiger partial charge in [-0.15, -0.1) is 0 Å². The molecule has 2 fully saturated rings. The van der Waals surface area contributed by atoms with Crippen LogP contribution in [-0.4, -0.2) is 125 Å². The number of aliphatic hydroxyl groups excluding tert-OH is 6. The number of aromatic nitrogens is 4. The Labute approximate surface area is 214 Å². The molecule has 210 valence electrons. The Morgan fingerprint density at radius 1 is 1.00 bits per heavy atom. The minimum Gasteiger partial charge on any atom is -0.394 e. The zero-order valence-corrected chi connectivity index (χ0v) is 20.9. The van der Waals surface area contributed by atoms with E-state index in [-0.39, 0.29) is 17.0 Å². The van der Waals surface area contributed by atoms with Crippen molar-refractivity contribution in [1.82, 2.24) is 19.5 Å². The molecule has 0 bridgehead atoms. The number of nitrogens with zero attached hydrogens (tertiary/aromatic N) is 4. The van der Waals surface area contributed by atoms with Crippen LogP contribution >= 0.6 is 15.3 Å². The number of phosphoric ester groups is 1. The van der Waals surface area contributed by atoms with E-state index in [1.807, 2.05) is 0 Å². The average molecular weight is 583 g/mol. The van der Waals surface area contributed by atoms with Crippen molar-refractivity contribution >= 4 is 39.8 Å². The van der Waals surface area contributed by atoms with Gasteiger partial charge < -0.3 is 55.3 Å². The third kappa shape index (κ3) is 5.93. The van der Waals surface area contributed by atoms with Gasteiger partial charge in [-0.3, -0.25) is 13.7 Å². The van der Waals surface area contributed by atoms with Crippen LogP contribution in [0.4, 0.5) is 5.82 Å². The third-order valence-electron chi connectivity index (χ3n) is 5.72. The number of hydrogen-bond donors (Lipinski definition) is 8. The van der Waals surface area contributed by atoms with E-state index in [2.05, 4.69) is 23.8 Å². The van der Waals surface area contributed by atoms with E-state index >= 15 is 0 Å². The van der Waals surface area contributed by atoms with Gasteiger partial charge in [0.05, 0.1) is 19.5 Å². The monoisotopic (exact) mass is 583 g/mol. The molecule has 2 aliphatic rings. The molecule has 9 N–H and O–H groups in total. The minimum absolute atomic E-state index is 0.0576. The van der Waals surface area contributed by atoms with E-state index < -0.39 is 83.8 Å². The molecule has 0 aliphatic carbocycles. The maximum Gasteiger partial charge on any atom is 0.481 e. The molecule has 19 nitrogen and oxygen atoms in total. The standard InChI is InChI=1S/C16H24BN5O14P2/c17-37(29,36-38(30,31)35-16-12(28)10(26)8(24)5(1-23)34-16)32-2-6-9(25)11(27)15(33-6)22-4-21-7-13(18)19-3-20-14(7)22/h3-6,8-12,15-16,23-28H,1-2H2,(H,30,31)(H2,18,19,20)/t5?,6-,8+,9+,10+,11?,12?,15-,16+,37-/m1/s1. The fraction of sp³-hybridized carbons (Fsp3) is 0.688. The van der Waals surface area contributed by atoms with Crippen LogP contribution in [0, 0.1) is 0 Å². The molecule has 0 saturated carbocycles. The largest absolute Gasteiger partial charge is 0.481 e. The van der Waals surface area contributed by atoms with Gasteiger partial charge in [0.1, 0.15) is 54.6 Å². The van der Waals surface area contributed by atoms with Gasteiger partial charge >= 0.3 is 7.82 Å². The van der Waals surface area contributed by atoms with Crippen molar-refractivity contribution in [2.45, 2.75) is 55.2 Å². The van der Waals surface area contributed by atoms with Crippen LogP contribution in [0.2, 0.25) is 0 Å². The van der Waals surface area contributed by atoms with Crippen LogP contribution in [0.5, 0.6) is 0 Å². The number of aliphatic hydroxyl groups is 6. The first-order valence-electron chi connectivity index (χ1n) is 10.8. The number of nitrogens with two attached hydrogens (primary N) is 1. The first-order valence-corrected chi connectivity index (χ1v) is 13.9. The zero-order valence-electron chi connectivity index (χ0n) is 19.1. The van der Waals surface area contributed by atoms with E-state index in [4.69, 9.17) is 27.3 Å². The van der Waals surface area contributed by atoms with Crippen molar-refractivity contribution in [1.29, 1.82) is 0 Å². The molecule has 2 aliphatic heterocycles. The van der Waals surface area contributed by atoms with Crippen molar-refractivity contribution in [2.24, 2.45) is 0 Å². The van der Waals surface area contributed by atoms with Crippen molar-refractivity contribution in [3.63, 3.8) is 0 Å². The van der Waals surface area contributed by atoms with Crippen LogP contribution in [0.25, 0.3) is 11.2 Å². The van der Waals surface area contributed by atoms with Crippen molar-refractivity contribution in [2.75, 3.05) is 18.9 Å². The number of phosphoric acid groups is 1. The maximum absolute atomic E-state index is 12.5. The van der Waals surface area contributed by atoms with Crippen LogP contribution in [0.1, 0.15) is 6.23 Å². The number of rotatable bonds is 9. The van der Waals surface area contributed by atoms with Gasteiger partial charge in [-0.1, -0.05) is 0 Å². The highest BCUT2D eigenvalue weighted by atomic mass is 31.3. The Morgan fingerprint density at radius 2 is 1.68 bits per heavy atom. The second-order valence-corrected chi connectivity index (χ2v) is 11.5. The van der Waals surface area contributed by atoms with Gasteiger partial charge in [0.2, 0.25) is 7.57 Å². The first-order chi connectivity index (χ1) is 17.7. The van der Waals surface area contributed by atoms with E-state index in [0.29, 0.717) is 0 Å². The van der Waals surface area contributed by atoms with Gasteiger partial charge in [-0.05, 0) is 0 Å². The lowest BCUT2D eigenvalue weighted by Crippen LogP contribution is -2.58. The quantitative estimate of drug-likeness (QED) is 0.104. The highest BCUT2D eigenvalue weighted by Gasteiger charge is 2.49. The van der Waals surface area contributed by atoms with E-state index in [9.17, 15) is 44.7 Å². The summed E-state index contributed by atoms with van der Waals surface area (Å²) in [6, 6.07) is 0. The summed E-state index contributed by atoms with van der Waals surface area (Å²) in [6.45, 7) is -1.67. The molecule has 4 unspecified atom stereocenters. The molecule has 0 aromatic carbocycles. The van der Waals surface area contributed by atoms with Gasteiger partial charge in [0.15, 0.2) is 24.0 Å². The van der Waals surface area contributed by atoms with Crippen molar-refractivity contribution in [3.05, 3.63) is 12.7 Å². The molecular formula is C16H24BN5O14P2. The topological polar surface area (TPSA) is 292 Å². The molecule has 2 aromatic heterocycles. The molecule has 11 atom stereocenters. The summed E-state index contributed by atoms with van der Waals surface area (Å²) in [6.07, 6.45) is -12.8. The number of anilines is 1. The third-order valence-corrected chi connectivity index (χ3v) is 8.44. The number of hydrogen-bond acceptors (Lipinski definition) is 17. The van der Waals surface area contributed by atoms with Crippen molar-refractivity contribution in [3.8, 4) is 0 Å². The summed E-state index contributed by atoms with van der Waals surface area (Å²) >= 11 is 0. The van der Waals surface area contributed by atoms with Gasteiger partial charge in [0.25, 0.3) is 7.47 Å². The highest BCUT2D eigenvalue weighted by Crippen LogP contribution is 2.61. The smallest absolute Gasteiger partial charge is 0.394 e. The van der Waals surface area contributed by atoms with Gasteiger partial charge in [-0.2, -0.15) is 0 Å². The van der Waals surface area contributed by atoms with Gasteiger partial charge in [0, 0.05) is 0 Å². The molecule has 2 radical (unpaired) electrons. The van der Waals surface area contributed by atoms with Crippen LogP contribution in [0.15, 0.2) is 12.7 Å². The first kappa shape index (κ1) is 29.4. The predicted octanol–water partition coefficient (Wildman–Crippen LogP) is -3.75. The lowest BCUT2D eigenvalue weighted by atomic mass is 10.00. The summed E-state index contributed by atoms with van der Waals surface area (Å²) in [7, 11) is -5.04. The molecule has 38 heavy (non-hydrogen) atoms. The molecule has 2 aromatic rings. The SMILES string of the molecule is [B][P@@](=O)(OC[C@H]1O[C@@H](n2cnc3c(N)ncnc32)C(O)[C@H]1O)OP(=O)(O)O[C@@H]1OC(CO)[C@H](O)[C@H](O)C1O. The molecule has 0 amide bonds. The number of nitrogen functional groups attached to an aromatic ring is 1. The summed E-state index contributed by atoms with van der Waals surface area (Å²) < 4.78 is 50.3. The summed E-state index contributed by atoms with van der Waals surface area (Å²) in [4.78, 5) is 21.8. The van der Waals surface area contributed by atoms with E-state index in [1.165, 1.54) is 10.9 Å². The molecule has 0 spiro atoms. The maximum atomic E-state index is 12.5. The lowest BCUT2D eigenvalue weighted by Gasteiger charge is -2.39. The minimum atomic E-state index is -5.44. The highest BCUT2D eigenvalue weighted by molar-refractivity contribution is 7.83. The second kappa shape index (κ2) is 11.1. The van der Waals surface area contributed by atoms with Crippen molar-refractivity contribution < 1.29 is 67.5 Å². The van der Waals surface area contributed by atoms with E-state index in [1.54, 1.807) is 0 Å². The summed E-state index contributed by atoms with van der Waals surface area (Å²) in [5.74, 6) is 0.0576.